The molecule has 10 heteroatoms. The average Bonchev–Trinajstić information content (AvgIpc) is 3.15. The minimum Gasteiger partial charge on any atom is -0.395 e. The number of carbonyl (C=O) groups is 1. The Morgan fingerprint density at radius 2 is 1.76 bits per heavy atom. The summed E-state index contributed by atoms with van der Waals surface area (Å²) < 4.78 is 36.7. The maximum atomic E-state index is 13.4. The normalized spacial score (nSPS) is 13.7. The van der Waals surface area contributed by atoms with Gasteiger partial charge in [0.25, 0.3) is 5.56 Å². The zero-order valence-corrected chi connectivity index (χ0v) is 17.9. The second kappa shape index (κ2) is 8.22. The first kappa shape index (κ1) is 21.5. The fourth-order valence-corrected chi connectivity index (χ4v) is 3.86. The Hall–Kier alpha value is -4.34. The first-order chi connectivity index (χ1) is 16.4. The van der Waals surface area contributed by atoms with Gasteiger partial charge in [0.15, 0.2) is 11.5 Å². The molecule has 8 nitrogen and oxygen atoms in total. The van der Waals surface area contributed by atoms with Crippen LogP contribution in [0.4, 0.5) is 14.5 Å². The molecule has 0 N–H and O–H groups in total. The summed E-state index contributed by atoms with van der Waals surface area (Å²) in [5.41, 5.74) is 0.928. The third kappa shape index (κ3) is 3.83. The van der Waals surface area contributed by atoms with Gasteiger partial charge in [0.1, 0.15) is 12.2 Å². The number of anilines is 1. The molecule has 3 heterocycles. The molecule has 1 amide bonds. The number of hydrogen-bond acceptors (Lipinski definition) is 6. The van der Waals surface area contributed by atoms with Crippen LogP contribution in [0.3, 0.4) is 0 Å². The maximum absolute atomic E-state index is 13.4. The number of fused-ring (bicyclic) bond motifs is 2. The zero-order chi connectivity index (χ0) is 23.9. The SMILES string of the molecule is CCN(C(=O)Cn1nc(-c2ccccn2)c2ccccc2c1=O)c1ccc2c(c1)OC(F)(F)O2. The molecule has 0 spiro atoms. The van der Waals surface area contributed by atoms with Crippen LogP contribution >= 0.6 is 0 Å². The minimum absolute atomic E-state index is 0.121. The number of amides is 1. The molecule has 1 aliphatic rings. The van der Waals surface area contributed by atoms with Crippen molar-refractivity contribution in [3.8, 4) is 22.9 Å². The number of pyridine rings is 1. The van der Waals surface area contributed by atoms with Crippen LogP contribution in [0.1, 0.15) is 6.92 Å². The second-order valence-corrected chi connectivity index (χ2v) is 7.51. The lowest BCUT2D eigenvalue weighted by Crippen LogP contribution is -2.37. The lowest BCUT2D eigenvalue weighted by molar-refractivity contribution is -0.286. The fourth-order valence-electron chi connectivity index (χ4n) is 3.86. The monoisotopic (exact) mass is 464 g/mol. The van der Waals surface area contributed by atoms with Crippen molar-refractivity contribution in [1.29, 1.82) is 0 Å². The molecule has 172 valence electrons. The molecule has 1 aliphatic heterocycles. The first-order valence-electron chi connectivity index (χ1n) is 10.5. The van der Waals surface area contributed by atoms with Gasteiger partial charge < -0.3 is 14.4 Å². The van der Waals surface area contributed by atoms with E-state index in [-0.39, 0.29) is 24.6 Å². The quantitative estimate of drug-likeness (QED) is 0.446. The summed E-state index contributed by atoms with van der Waals surface area (Å²) in [6, 6.07) is 16.4. The van der Waals surface area contributed by atoms with Gasteiger partial charge in [-0.05, 0) is 37.3 Å². The Balaban J connectivity index is 1.51. The van der Waals surface area contributed by atoms with Crippen molar-refractivity contribution in [2.75, 3.05) is 11.4 Å². The Morgan fingerprint density at radius 3 is 2.50 bits per heavy atom. The molecule has 0 saturated carbocycles. The first-order valence-corrected chi connectivity index (χ1v) is 10.5. The van der Waals surface area contributed by atoms with E-state index < -0.39 is 17.8 Å². The van der Waals surface area contributed by atoms with Gasteiger partial charge in [-0.2, -0.15) is 5.10 Å². The van der Waals surface area contributed by atoms with E-state index in [9.17, 15) is 18.4 Å². The van der Waals surface area contributed by atoms with Crippen molar-refractivity contribution in [3.05, 3.63) is 77.2 Å². The predicted octanol–water partition coefficient (Wildman–Crippen LogP) is 3.83. The van der Waals surface area contributed by atoms with E-state index in [0.717, 1.165) is 4.68 Å². The average molecular weight is 464 g/mol. The van der Waals surface area contributed by atoms with Gasteiger partial charge in [-0.1, -0.05) is 24.3 Å². The summed E-state index contributed by atoms with van der Waals surface area (Å²) in [6.07, 6.45) is -2.14. The number of nitrogens with zero attached hydrogens (tertiary/aromatic N) is 4. The molecular weight excluding hydrogens is 446 g/mol. The van der Waals surface area contributed by atoms with Crippen molar-refractivity contribution < 1.29 is 23.0 Å². The summed E-state index contributed by atoms with van der Waals surface area (Å²) in [5, 5.41) is 5.47. The number of halogens is 2. The molecular formula is C24H18F2N4O4. The molecule has 2 aromatic heterocycles. The highest BCUT2D eigenvalue weighted by Crippen LogP contribution is 2.42. The highest BCUT2D eigenvalue weighted by Gasteiger charge is 2.43. The molecule has 0 fully saturated rings. The van der Waals surface area contributed by atoms with Gasteiger partial charge in [0.05, 0.1) is 11.1 Å². The number of hydrogen-bond donors (Lipinski definition) is 0. The number of rotatable bonds is 5. The summed E-state index contributed by atoms with van der Waals surface area (Å²) >= 11 is 0. The second-order valence-electron chi connectivity index (χ2n) is 7.51. The van der Waals surface area contributed by atoms with Crippen LogP contribution < -0.4 is 19.9 Å². The largest absolute Gasteiger partial charge is 0.586 e. The van der Waals surface area contributed by atoms with E-state index in [1.807, 2.05) is 0 Å². The molecule has 0 radical (unpaired) electrons. The van der Waals surface area contributed by atoms with Gasteiger partial charge in [-0.15, -0.1) is 8.78 Å². The summed E-state index contributed by atoms with van der Waals surface area (Å²) in [7, 11) is 0. The molecule has 4 aromatic rings. The van der Waals surface area contributed by atoms with Crippen molar-refractivity contribution in [1.82, 2.24) is 14.8 Å². The number of carbonyl (C=O) groups excluding carboxylic acids is 1. The van der Waals surface area contributed by atoms with Crippen LogP contribution in [-0.4, -0.2) is 33.5 Å². The Bertz CT molecular complexity index is 1460. The molecule has 5 rings (SSSR count). The third-order valence-corrected chi connectivity index (χ3v) is 5.37. The predicted molar refractivity (Wildman–Crippen MR) is 120 cm³/mol. The van der Waals surface area contributed by atoms with Gasteiger partial charge >= 0.3 is 6.29 Å². The Kier molecular flexibility index (Phi) is 5.20. The highest BCUT2D eigenvalue weighted by atomic mass is 19.3. The van der Waals surface area contributed by atoms with Crippen LogP contribution in [0.25, 0.3) is 22.2 Å². The van der Waals surface area contributed by atoms with Crippen molar-refractivity contribution in [3.63, 3.8) is 0 Å². The fraction of sp³-hybridized carbons (Fsp3) is 0.167. The Labute approximate surface area is 192 Å². The van der Waals surface area contributed by atoms with Gasteiger partial charge in [-0.25, -0.2) is 4.68 Å². The molecule has 0 aliphatic carbocycles. The zero-order valence-electron chi connectivity index (χ0n) is 17.9. The van der Waals surface area contributed by atoms with Gasteiger partial charge in [0, 0.05) is 29.9 Å². The van der Waals surface area contributed by atoms with E-state index in [1.54, 1.807) is 55.6 Å². The topological polar surface area (TPSA) is 86.6 Å². The van der Waals surface area contributed by atoms with Crippen LogP contribution in [0.15, 0.2) is 71.7 Å². The van der Waals surface area contributed by atoms with E-state index in [1.165, 1.54) is 23.1 Å². The van der Waals surface area contributed by atoms with Gasteiger partial charge in [-0.3, -0.25) is 14.6 Å². The minimum atomic E-state index is -3.76. The molecule has 0 bridgehead atoms. The number of aromatic nitrogens is 3. The van der Waals surface area contributed by atoms with Crippen LogP contribution in [0.5, 0.6) is 11.5 Å². The number of likely N-dealkylation sites (N-methyl/N-ethyl adjacent to an activating group) is 1. The number of ether oxygens (including phenoxy) is 2. The molecule has 0 unspecified atom stereocenters. The molecule has 34 heavy (non-hydrogen) atoms. The maximum Gasteiger partial charge on any atom is 0.586 e. The number of benzene rings is 2. The van der Waals surface area contributed by atoms with Crippen molar-refractivity contribution in [2.45, 2.75) is 19.8 Å². The summed E-state index contributed by atoms with van der Waals surface area (Å²) in [4.78, 5) is 32.0. The highest BCUT2D eigenvalue weighted by molar-refractivity contribution is 5.95. The summed E-state index contributed by atoms with van der Waals surface area (Å²) in [5.74, 6) is -0.748. The van der Waals surface area contributed by atoms with Crippen LogP contribution in [-0.2, 0) is 11.3 Å². The lowest BCUT2D eigenvalue weighted by Gasteiger charge is -2.22. The number of alkyl halides is 2. The van der Waals surface area contributed by atoms with Crippen LogP contribution in [0.2, 0.25) is 0 Å². The van der Waals surface area contributed by atoms with Crippen LogP contribution in [0, 0.1) is 0 Å². The molecule has 0 atom stereocenters. The smallest absolute Gasteiger partial charge is 0.395 e. The summed E-state index contributed by atoms with van der Waals surface area (Å²) in [6.45, 7) is 1.60. The van der Waals surface area contributed by atoms with E-state index in [2.05, 4.69) is 19.6 Å². The van der Waals surface area contributed by atoms with Crippen molar-refractivity contribution in [2.24, 2.45) is 0 Å². The third-order valence-electron chi connectivity index (χ3n) is 5.37. The Morgan fingerprint density at radius 1 is 1.03 bits per heavy atom. The lowest BCUT2D eigenvalue weighted by atomic mass is 10.1. The van der Waals surface area contributed by atoms with Gasteiger partial charge in [0.2, 0.25) is 5.91 Å². The van der Waals surface area contributed by atoms with E-state index >= 15 is 0 Å². The van der Waals surface area contributed by atoms with E-state index in [0.29, 0.717) is 27.8 Å². The van der Waals surface area contributed by atoms with E-state index in [4.69, 9.17) is 0 Å². The molecule has 2 aromatic carbocycles. The standard InChI is InChI=1S/C24H18F2N4O4/c1-2-29(15-10-11-19-20(13-15)34-24(25,26)33-19)21(31)14-30-23(32)17-8-4-3-7-16(17)22(28-30)18-9-5-6-12-27-18/h3-13H,2,14H2,1H3. The molecule has 0 saturated heterocycles. The van der Waals surface area contributed by atoms with Crippen molar-refractivity contribution >= 4 is 22.4 Å².